The molecule has 31 heavy (non-hydrogen) atoms. The van der Waals surface area contributed by atoms with Crippen molar-refractivity contribution in [3.8, 4) is 17.2 Å². The number of carbonyl (C=O) groups is 1. The maximum atomic E-state index is 13.8. The summed E-state index contributed by atoms with van der Waals surface area (Å²) in [5, 5.41) is 6.76. The number of hydrogen-bond acceptors (Lipinski definition) is 4. The second-order valence-corrected chi connectivity index (χ2v) is 7.33. The van der Waals surface area contributed by atoms with E-state index in [1.54, 1.807) is 25.1 Å². The molecule has 1 amide bonds. The van der Waals surface area contributed by atoms with Crippen molar-refractivity contribution in [3.63, 3.8) is 0 Å². The Bertz CT molecular complexity index is 1110. The van der Waals surface area contributed by atoms with Crippen molar-refractivity contribution < 1.29 is 27.4 Å². The van der Waals surface area contributed by atoms with E-state index in [2.05, 4.69) is 10.4 Å². The van der Waals surface area contributed by atoms with E-state index in [0.717, 1.165) is 6.20 Å². The van der Waals surface area contributed by atoms with Crippen molar-refractivity contribution in [2.24, 2.45) is 0 Å². The van der Waals surface area contributed by atoms with E-state index in [4.69, 9.17) is 21.1 Å². The number of hydrogen-bond donors (Lipinski definition) is 1. The second kappa shape index (κ2) is 8.14. The summed E-state index contributed by atoms with van der Waals surface area (Å²) in [7, 11) is 0. The van der Waals surface area contributed by atoms with E-state index in [9.17, 15) is 18.0 Å². The van der Waals surface area contributed by atoms with Gasteiger partial charge in [-0.1, -0.05) is 17.7 Å². The van der Waals surface area contributed by atoms with Gasteiger partial charge in [-0.3, -0.25) is 4.79 Å². The molecule has 0 saturated carbocycles. The molecule has 3 aromatic rings. The Kier molecular flexibility index (Phi) is 5.53. The summed E-state index contributed by atoms with van der Waals surface area (Å²) in [5.41, 5.74) is -0.944. The van der Waals surface area contributed by atoms with Gasteiger partial charge in [-0.15, -0.1) is 0 Å². The lowest BCUT2D eigenvalue weighted by Gasteiger charge is -2.21. The number of aromatic nitrogens is 2. The predicted octanol–water partition coefficient (Wildman–Crippen LogP) is 4.81. The molecule has 162 valence electrons. The molecule has 0 bridgehead atoms. The molecule has 0 aliphatic carbocycles. The molecule has 6 nitrogen and oxygen atoms in total. The summed E-state index contributed by atoms with van der Waals surface area (Å²) < 4.78 is 53.1. The van der Waals surface area contributed by atoms with Gasteiger partial charge in [0.2, 0.25) is 0 Å². The third-order valence-corrected chi connectivity index (χ3v) is 5.02. The monoisotopic (exact) mass is 451 g/mol. The largest absolute Gasteiger partial charge is 0.486 e. The molecule has 0 spiro atoms. The van der Waals surface area contributed by atoms with Gasteiger partial charge in [0, 0.05) is 5.02 Å². The summed E-state index contributed by atoms with van der Waals surface area (Å²) >= 11 is 5.81. The Morgan fingerprint density at radius 2 is 1.81 bits per heavy atom. The smallest absolute Gasteiger partial charge is 0.434 e. The van der Waals surface area contributed by atoms with Crippen LogP contribution in [-0.4, -0.2) is 28.9 Å². The van der Waals surface area contributed by atoms with Crippen molar-refractivity contribution in [1.82, 2.24) is 15.1 Å². The van der Waals surface area contributed by atoms with Crippen LogP contribution in [-0.2, 0) is 6.18 Å². The first kappa shape index (κ1) is 21.0. The fourth-order valence-electron chi connectivity index (χ4n) is 3.25. The molecule has 4 rings (SSSR count). The van der Waals surface area contributed by atoms with Crippen molar-refractivity contribution in [1.29, 1.82) is 0 Å². The van der Waals surface area contributed by atoms with Gasteiger partial charge >= 0.3 is 6.18 Å². The highest BCUT2D eigenvalue weighted by atomic mass is 35.5. The standard InChI is InChI=1S/C21H17ClF3N3O3/c1-12(13-2-7-17-18(10-13)31-9-8-30-17)27-20(29)16-11-26-28(19(16)21(23,24)25)15-5-3-14(22)4-6-15/h2-7,10-12H,8-9H2,1H3,(H,27,29). The van der Waals surface area contributed by atoms with E-state index in [1.807, 2.05) is 0 Å². The first-order valence-corrected chi connectivity index (χ1v) is 9.73. The van der Waals surface area contributed by atoms with Crippen LogP contribution >= 0.6 is 11.6 Å². The lowest BCUT2D eigenvalue weighted by atomic mass is 10.1. The van der Waals surface area contributed by atoms with Crippen LogP contribution in [0, 0.1) is 0 Å². The van der Waals surface area contributed by atoms with Crippen LogP contribution in [0.2, 0.25) is 5.02 Å². The third kappa shape index (κ3) is 4.32. The van der Waals surface area contributed by atoms with Crippen LogP contribution in [0.5, 0.6) is 11.5 Å². The first-order chi connectivity index (χ1) is 14.7. The molecule has 0 fully saturated rings. The Morgan fingerprint density at radius 1 is 1.13 bits per heavy atom. The average molecular weight is 452 g/mol. The number of rotatable bonds is 4. The Labute approximate surface area is 180 Å². The van der Waals surface area contributed by atoms with Crippen molar-refractivity contribution >= 4 is 17.5 Å². The Hall–Kier alpha value is -3.20. The number of fused-ring (bicyclic) bond motifs is 1. The summed E-state index contributed by atoms with van der Waals surface area (Å²) in [4.78, 5) is 12.7. The normalized spacial score (nSPS) is 14.2. The zero-order chi connectivity index (χ0) is 22.2. The van der Waals surface area contributed by atoms with Crippen LogP contribution in [0.1, 0.15) is 34.6 Å². The van der Waals surface area contributed by atoms with Crippen LogP contribution in [0.3, 0.4) is 0 Å². The summed E-state index contributed by atoms with van der Waals surface area (Å²) in [5.74, 6) is 0.212. The number of ether oxygens (including phenoxy) is 2. The van der Waals surface area contributed by atoms with Gasteiger partial charge in [0.1, 0.15) is 13.2 Å². The molecular weight excluding hydrogens is 435 g/mol. The number of halogens is 4. The lowest BCUT2D eigenvalue weighted by molar-refractivity contribution is -0.143. The third-order valence-electron chi connectivity index (χ3n) is 4.77. The summed E-state index contributed by atoms with van der Waals surface area (Å²) in [6, 6.07) is 10.2. The molecule has 1 N–H and O–H groups in total. The van der Waals surface area contributed by atoms with Crippen molar-refractivity contribution in [3.05, 3.63) is 70.5 Å². The van der Waals surface area contributed by atoms with E-state index >= 15 is 0 Å². The van der Waals surface area contributed by atoms with E-state index in [0.29, 0.717) is 40.0 Å². The van der Waals surface area contributed by atoms with Gasteiger partial charge in [-0.25, -0.2) is 4.68 Å². The van der Waals surface area contributed by atoms with Gasteiger partial charge < -0.3 is 14.8 Å². The van der Waals surface area contributed by atoms with Gasteiger partial charge in [0.25, 0.3) is 5.91 Å². The van der Waals surface area contributed by atoms with Crippen LogP contribution in [0.4, 0.5) is 13.2 Å². The van der Waals surface area contributed by atoms with E-state index in [1.165, 1.54) is 24.3 Å². The van der Waals surface area contributed by atoms with Crippen molar-refractivity contribution in [2.45, 2.75) is 19.1 Å². The highest BCUT2D eigenvalue weighted by molar-refractivity contribution is 6.30. The number of benzene rings is 2. The molecule has 1 aromatic heterocycles. The van der Waals surface area contributed by atoms with Crippen molar-refractivity contribution in [2.75, 3.05) is 13.2 Å². The molecular formula is C21H17ClF3N3O3. The highest BCUT2D eigenvalue weighted by Crippen LogP contribution is 2.35. The molecule has 2 heterocycles. The fraction of sp³-hybridized carbons (Fsp3) is 0.238. The quantitative estimate of drug-likeness (QED) is 0.618. The first-order valence-electron chi connectivity index (χ1n) is 9.35. The van der Waals surface area contributed by atoms with Gasteiger partial charge in [-0.2, -0.15) is 18.3 Å². The number of nitrogens with one attached hydrogen (secondary N) is 1. The van der Waals surface area contributed by atoms with Crippen LogP contribution in [0.15, 0.2) is 48.7 Å². The maximum Gasteiger partial charge on any atom is 0.434 e. The van der Waals surface area contributed by atoms with Gasteiger partial charge in [0.05, 0.1) is 23.5 Å². The predicted molar refractivity (Wildman–Crippen MR) is 107 cm³/mol. The minimum Gasteiger partial charge on any atom is -0.486 e. The second-order valence-electron chi connectivity index (χ2n) is 6.89. The molecule has 1 aliphatic rings. The molecule has 2 aromatic carbocycles. The average Bonchev–Trinajstić information content (AvgIpc) is 3.20. The van der Waals surface area contributed by atoms with Crippen LogP contribution in [0.25, 0.3) is 5.69 Å². The SMILES string of the molecule is CC(NC(=O)c1cnn(-c2ccc(Cl)cc2)c1C(F)(F)F)c1ccc2c(c1)OCCO2. The zero-order valence-corrected chi connectivity index (χ0v) is 17.0. The van der Waals surface area contributed by atoms with Gasteiger partial charge in [-0.05, 0) is 48.9 Å². The maximum absolute atomic E-state index is 13.8. The number of alkyl halides is 3. The number of nitrogens with zero attached hydrogens (tertiary/aromatic N) is 2. The fourth-order valence-corrected chi connectivity index (χ4v) is 3.38. The molecule has 1 aliphatic heterocycles. The van der Waals surface area contributed by atoms with Crippen LogP contribution < -0.4 is 14.8 Å². The minimum absolute atomic E-state index is 0.135. The van der Waals surface area contributed by atoms with Gasteiger partial charge in [0.15, 0.2) is 17.2 Å². The number of carbonyl (C=O) groups excluding carboxylic acids is 1. The molecule has 0 saturated heterocycles. The van der Waals surface area contributed by atoms with E-state index < -0.39 is 29.4 Å². The molecule has 10 heteroatoms. The molecule has 1 unspecified atom stereocenters. The Morgan fingerprint density at radius 3 is 2.48 bits per heavy atom. The molecule has 0 radical (unpaired) electrons. The molecule has 1 atom stereocenters. The van der Waals surface area contributed by atoms with E-state index in [-0.39, 0.29) is 5.69 Å². The minimum atomic E-state index is -4.80. The topological polar surface area (TPSA) is 65.4 Å². The Balaban J connectivity index is 1.62. The lowest BCUT2D eigenvalue weighted by Crippen LogP contribution is -2.29. The zero-order valence-electron chi connectivity index (χ0n) is 16.2. The summed E-state index contributed by atoms with van der Waals surface area (Å²) in [6.07, 6.45) is -3.90. The summed E-state index contributed by atoms with van der Waals surface area (Å²) in [6.45, 7) is 2.51. The number of amides is 1. The highest BCUT2D eigenvalue weighted by Gasteiger charge is 2.40.